The Kier molecular flexibility index (Phi) is 5.04. The Bertz CT molecular complexity index is 895. The molecule has 5 nitrogen and oxygen atoms in total. The highest BCUT2D eigenvalue weighted by molar-refractivity contribution is 7.11. The molecule has 0 radical (unpaired) electrons. The number of aromatic hydroxyl groups is 1. The molecule has 142 valence electrons. The van der Waals surface area contributed by atoms with E-state index in [0.717, 1.165) is 43.2 Å². The van der Waals surface area contributed by atoms with Gasteiger partial charge in [0.1, 0.15) is 11.5 Å². The lowest BCUT2D eigenvalue weighted by Gasteiger charge is -2.34. The van der Waals surface area contributed by atoms with Crippen molar-refractivity contribution in [2.75, 3.05) is 32.7 Å². The largest absolute Gasteiger partial charge is 0.507 e. The van der Waals surface area contributed by atoms with Crippen LogP contribution in [0.15, 0.2) is 29.3 Å². The van der Waals surface area contributed by atoms with Gasteiger partial charge in [0.05, 0.1) is 11.1 Å². The van der Waals surface area contributed by atoms with Crippen LogP contribution in [-0.2, 0) is 6.54 Å². The van der Waals surface area contributed by atoms with Crippen LogP contribution in [0.2, 0.25) is 0 Å². The maximum atomic E-state index is 12.8. The molecule has 0 bridgehead atoms. The Morgan fingerprint density at radius 3 is 2.59 bits per heavy atom. The topological polar surface area (TPSA) is 53.0 Å². The number of hydrogen-bond donors (Lipinski definition) is 1. The number of ketones is 1. The summed E-state index contributed by atoms with van der Waals surface area (Å²) in [7, 11) is 0. The molecule has 0 amide bonds. The van der Waals surface area contributed by atoms with Crippen molar-refractivity contribution in [1.82, 2.24) is 9.80 Å². The van der Waals surface area contributed by atoms with Gasteiger partial charge < -0.3 is 14.7 Å². The van der Waals surface area contributed by atoms with Gasteiger partial charge in [-0.15, -0.1) is 11.3 Å². The maximum Gasteiger partial charge on any atom is 0.232 e. The van der Waals surface area contributed by atoms with Crippen molar-refractivity contribution in [2.24, 2.45) is 0 Å². The summed E-state index contributed by atoms with van der Waals surface area (Å²) in [6.45, 7) is 9.78. The highest BCUT2D eigenvalue weighted by Gasteiger charge is 2.32. The predicted molar refractivity (Wildman–Crippen MR) is 107 cm³/mol. The van der Waals surface area contributed by atoms with E-state index in [2.05, 4.69) is 16.7 Å². The quantitative estimate of drug-likeness (QED) is 0.818. The first-order valence-corrected chi connectivity index (χ1v) is 10.2. The van der Waals surface area contributed by atoms with Crippen LogP contribution in [0.3, 0.4) is 0 Å². The second-order valence-corrected chi connectivity index (χ2v) is 8.01. The molecule has 0 aliphatic carbocycles. The Labute approximate surface area is 163 Å². The normalized spacial score (nSPS) is 19.5. The lowest BCUT2D eigenvalue weighted by atomic mass is 10.0. The van der Waals surface area contributed by atoms with E-state index in [1.165, 1.54) is 0 Å². The van der Waals surface area contributed by atoms with Crippen LogP contribution in [0.1, 0.15) is 33.3 Å². The van der Waals surface area contributed by atoms with Gasteiger partial charge in [-0.05, 0) is 42.6 Å². The number of allylic oxidation sites excluding steroid dienone is 1. The molecular weight excluding hydrogens is 360 g/mol. The van der Waals surface area contributed by atoms with E-state index in [-0.39, 0.29) is 11.5 Å². The number of ether oxygens (including phenoxy) is 1. The first kappa shape index (κ1) is 18.2. The summed E-state index contributed by atoms with van der Waals surface area (Å²) < 4.78 is 5.96. The number of rotatable bonds is 4. The Morgan fingerprint density at radius 1 is 1.19 bits per heavy atom. The minimum Gasteiger partial charge on any atom is -0.507 e. The fourth-order valence-corrected chi connectivity index (χ4v) is 4.44. The van der Waals surface area contributed by atoms with Crippen molar-refractivity contribution in [3.05, 3.63) is 50.9 Å². The lowest BCUT2D eigenvalue weighted by Crippen LogP contribution is -2.45. The monoisotopic (exact) mass is 384 g/mol. The van der Waals surface area contributed by atoms with E-state index in [1.807, 2.05) is 24.4 Å². The smallest absolute Gasteiger partial charge is 0.232 e. The number of aryl methyl sites for hydroxylation is 1. The summed E-state index contributed by atoms with van der Waals surface area (Å²) in [5, 5.41) is 12.4. The third-order valence-corrected chi connectivity index (χ3v) is 6.34. The summed E-state index contributed by atoms with van der Waals surface area (Å²) in [6.07, 6.45) is 1.81. The fraction of sp³-hybridized carbons (Fsp3) is 0.381. The molecule has 1 aromatic carbocycles. The van der Waals surface area contributed by atoms with Gasteiger partial charge in [-0.2, -0.15) is 0 Å². The lowest BCUT2D eigenvalue weighted by molar-refractivity contribution is 0.101. The van der Waals surface area contributed by atoms with Gasteiger partial charge in [-0.25, -0.2) is 0 Å². The van der Waals surface area contributed by atoms with E-state index in [0.29, 0.717) is 29.2 Å². The first-order chi connectivity index (χ1) is 13.1. The molecule has 0 atom stereocenters. The van der Waals surface area contributed by atoms with Crippen LogP contribution in [0.5, 0.6) is 11.5 Å². The van der Waals surface area contributed by atoms with E-state index >= 15 is 0 Å². The number of carbonyl (C=O) groups is 1. The van der Waals surface area contributed by atoms with Crippen LogP contribution >= 0.6 is 11.3 Å². The average Bonchev–Trinajstić information content (AvgIpc) is 3.22. The van der Waals surface area contributed by atoms with E-state index in [4.69, 9.17) is 4.74 Å². The van der Waals surface area contributed by atoms with Crippen molar-refractivity contribution < 1.29 is 14.6 Å². The molecule has 0 saturated carbocycles. The predicted octanol–water partition coefficient (Wildman–Crippen LogP) is 3.52. The molecule has 1 aromatic heterocycles. The number of hydrogen-bond acceptors (Lipinski definition) is 6. The summed E-state index contributed by atoms with van der Waals surface area (Å²) in [5.74, 6) is 0.916. The van der Waals surface area contributed by atoms with Gasteiger partial charge >= 0.3 is 0 Å². The van der Waals surface area contributed by atoms with Crippen LogP contribution in [-0.4, -0.2) is 53.4 Å². The SMILES string of the molecule is CCN1CCN(Cc2c(O)ccc3c2O/C(=C/c2sccc2C)C3=O)CC1. The van der Waals surface area contributed by atoms with E-state index in [9.17, 15) is 9.90 Å². The van der Waals surface area contributed by atoms with Crippen LogP contribution < -0.4 is 4.74 Å². The molecule has 2 aliphatic rings. The maximum absolute atomic E-state index is 12.8. The van der Waals surface area contributed by atoms with Crippen LogP contribution in [0, 0.1) is 6.92 Å². The highest BCUT2D eigenvalue weighted by Crippen LogP contribution is 2.40. The number of phenols is 1. The highest BCUT2D eigenvalue weighted by atomic mass is 32.1. The third-order valence-electron chi connectivity index (χ3n) is 5.37. The standard InChI is InChI=1S/C21H24N2O3S/c1-3-22-7-9-23(10-8-22)13-16-17(24)5-4-15-20(25)18(26-21(15)16)12-19-14(2)6-11-27-19/h4-6,11-12,24H,3,7-10,13H2,1-2H3/b18-12+. The zero-order valence-electron chi connectivity index (χ0n) is 15.7. The zero-order valence-corrected chi connectivity index (χ0v) is 16.5. The van der Waals surface area contributed by atoms with E-state index in [1.54, 1.807) is 23.5 Å². The molecule has 3 heterocycles. The van der Waals surface area contributed by atoms with Crippen molar-refractivity contribution in [2.45, 2.75) is 20.4 Å². The Morgan fingerprint density at radius 2 is 1.93 bits per heavy atom. The second-order valence-electron chi connectivity index (χ2n) is 7.06. The number of nitrogens with zero attached hydrogens (tertiary/aromatic N) is 2. The third kappa shape index (κ3) is 3.52. The second kappa shape index (κ2) is 7.46. The van der Waals surface area contributed by atoms with Gasteiger partial charge in [-0.3, -0.25) is 9.69 Å². The van der Waals surface area contributed by atoms with Crippen molar-refractivity contribution in [1.29, 1.82) is 0 Å². The van der Waals surface area contributed by atoms with Crippen LogP contribution in [0.4, 0.5) is 0 Å². The van der Waals surface area contributed by atoms with Gasteiger partial charge in [-0.1, -0.05) is 6.92 Å². The fourth-order valence-electron chi connectivity index (χ4n) is 3.59. The van der Waals surface area contributed by atoms with Gasteiger partial charge in [0, 0.05) is 43.7 Å². The van der Waals surface area contributed by atoms with Gasteiger partial charge in [0.25, 0.3) is 0 Å². The molecule has 1 saturated heterocycles. The summed E-state index contributed by atoms with van der Waals surface area (Å²) >= 11 is 1.58. The number of piperazine rings is 1. The number of Topliss-reactive ketones (excluding diaryl/α,β-unsaturated/α-hetero) is 1. The van der Waals surface area contributed by atoms with Crippen molar-refractivity contribution in [3.63, 3.8) is 0 Å². The number of likely N-dealkylation sites (N-methyl/N-ethyl adjacent to an activating group) is 1. The summed E-state index contributed by atoms with van der Waals surface area (Å²) in [5.41, 5.74) is 2.37. The number of phenolic OH excluding ortho intramolecular Hbond substituents is 1. The number of benzene rings is 1. The molecular formula is C21H24N2O3S. The van der Waals surface area contributed by atoms with Gasteiger partial charge in [0.15, 0.2) is 5.76 Å². The first-order valence-electron chi connectivity index (χ1n) is 9.34. The average molecular weight is 385 g/mol. The number of thiophene rings is 1. The minimum absolute atomic E-state index is 0.116. The molecule has 1 fully saturated rings. The number of carbonyl (C=O) groups excluding carboxylic acids is 1. The van der Waals surface area contributed by atoms with E-state index < -0.39 is 0 Å². The van der Waals surface area contributed by atoms with Gasteiger partial charge in [0.2, 0.25) is 5.78 Å². The summed E-state index contributed by atoms with van der Waals surface area (Å²) in [6, 6.07) is 5.29. The minimum atomic E-state index is -0.116. The molecule has 2 aliphatic heterocycles. The molecule has 27 heavy (non-hydrogen) atoms. The molecule has 4 rings (SSSR count). The summed E-state index contributed by atoms with van der Waals surface area (Å²) in [4.78, 5) is 18.5. The number of fused-ring (bicyclic) bond motifs is 1. The molecule has 6 heteroatoms. The molecule has 2 aromatic rings. The zero-order chi connectivity index (χ0) is 19.0. The Hall–Kier alpha value is -2.15. The van der Waals surface area contributed by atoms with Crippen molar-refractivity contribution in [3.8, 4) is 11.5 Å². The van der Waals surface area contributed by atoms with Crippen molar-refractivity contribution >= 4 is 23.2 Å². The Balaban J connectivity index is 1.59. The molecule has 0 unspecified atom stereocenters. The van der Waals surface area contributed by atoms with Crippen LogP contribution in [0.25, 0.3) is 6.08 Å². The molecule has 0 spiro atoms. The molecule has 1 N–H and O–H groups in total.